The Labute approximate surface area is 164 Å². The van der Waals surface area contributed by atoms with E-state index >= 15 is 0 Å². The Morgan fingerprint density at radius 2 is 2.19 bits per heavy atom. The first-order valence-electron chi connectivity index (χ1n) is 9.32. The van der Waals surface area contributed by atoms with Gasteiger partial charge in [0, 0.05) is 25.9 Å². The number of alkyl halides is 2. The molecule has 11 heteroatoms. The predicted molar refractivity (Wildman–Crippen MR) is 99.2 cm³/mol. The van der Waals surface area contributed by atoms with E-state index in [2.05, 4.69) is 20.5 Å². The van der Waals surface area contributed by atoms with Crippen molar-refractivity contribution in [3.63, 3.8) is 0 Å². The molecule has 3 N–H and O–H groups in total. The van der Waals surface area contributed by atoms with Crippen molar-refractivity contribution in [1.29, 1.82) is 0 Å². The maximum absolute atomic E-state index is 14.6. The molecule has 1 amide bonds. The molecule has 27 heavy (non-hydrogen) atoms. The topological polar surface area (TPSA) is 99.8 Å². The Kier molecular flexibility index (Phi) is 6.97. The summed E-state index contributed by atoms with van der Waals surface area (Å²) in [6.45, 7) is 2.49. The Hall–Kier alpha value is -0.520. The van der Waals surface area contributed by atoms with Gasteiger partial charge < -0.3 is 4.74 Å². The maximum Gasteiger partial charge on any atom is 0.241 e. The summed E-state index contributed by atoms with van der Waals surface area (Å²) in [4.78, 5) is 16.7. The molecule has 0 radical (unpaired) electrons. The number of hydrazine groups is 1. The maximum atomic E-state index is 14.6. The zero-order valence-corrected chi connectivity index (χ0v) is 16.9. The van der Waals surface area contributed by atoms with Crippen LogP contribution in [-0.2, 0) is 19.6 Å². The third kappa shape index (κ3) is 5.51. The smallest absolute Gasteiger partial charge is 0.241 e. The molecule has 5 unspecified atom stereocenters. The number of carbonyl (C=O) groups is 1. The van der Waals surface area contributed by atoms with Crippen LogP contribution in [0.3, 0.4) is 0 Å². The number of hydrogen-bond donors (Lipinski definition) is 3. The molecule has 0 spiro atoms. The summed E-state index contributed by atoms with van der Waals surface area (Å²) in [7, 11) is -1.72. The molecular formula is C16H28ClFN4O4S. The van der Waals surface area contributed by atoms with Crippen molar-refractivity contribution in [1.82, 2.24) is 20.5 Å². The average Bonchev–Trinajstić information content (AvgIpc) is 3.26. The molecule has 3 fully saturated rings. The van der Waals surface area contributed by atoms with Crippen molar-refractivity contribution in [2.45, 2.75) is 36.9 Å². The van der Waals surface area contributed by atoms with Gasteiger partial charge in [0.2, 0.25) is 15.9 Å². The number of halogens is 2. The van der Waals surface area contributed by atoms with E-state index < -0.39 is 33.4 Å². The zero-order valence-electron chi connectivity index (χ0n) is 15.4. The minimum atomic E-state index is -3.70. The van der Waals surface area contributed by atoms with Gasteiger partial charge >= 0.3 is 0 Å². The lowest BCUT2D eigenvalue weighted by Crippen LogP contribution is -2.52. The lowest BCUT2D eigenvalue weighted by Gasteiger charge is -2.37. The minimum absolute atomic E-state index is 0.0624. The normalized spacial score (nSPS) is 38.2. The highest BCUT2D eigenvalue weighted by Gasteiger charge is 2.44. The van der Waals surface area contributed by atoms with Crippen LogP contribution in [0.15, 0.2) is 0 Å². The molecule has 0 aromatic heterocycles. The summed E-state index contributed by atoms with van der Waals surface area (Å²) >= 11 is 6.17. The van der Waals surface area contributed by atoms with Crippen molar-refractivity contribution in [3.05, 3.63) is 0 Å². The van der Waals surface area contributed by atoms with Crippen LogP contribution < -0.4 is 15.6 Å². The second-order valence-electron chi connectivity index (χ2n) is 7.91. The first kappa shape index (κ1) is 21.2. The molecule has 2 saturated heterocycles. The van der Waals surface area contributed by atoms with Crippen molar-refractivity contribution in [2.24, 2.45) is 17.8 Å². The molecule has 3 rings (SSSR count). The van der Waals surface area contributed by atoms with Crippen molar-refractivity contribution >= 4 is 27.5 Å². The van der Waals surface area contributed by atoms with E-state index in [0.717, 1.165) is 13.2 Å². The molecule has 0 aromatic rings. The van der Waals surface area contributed by atoms with Crippen LogP contribution in [0.25, 0.3) is 0 Å². The highest BCUT2D eigenvalue weighted by molar-refractivity contribution is 7.89. The fourth-order valence-corrected chi connectivity index (χ4v) is 5.77. The molecule has 1 aliphatic carbocycles. The van der Waals surface area contributed by atoms with Gasteiger partial charge in [-0.05, 0) is 38.1 Å². The van der Waals surface area contributed by atoms with Crippen LogP contribution in [-0.4, -0.2) is 76.0 Å². The number of carbonyl (C=O) groups excluding carboxylic acids is 1. The molecule has 3 aliphatic rings. The number of rotatable bonds is 6. The van der Waals surface area contributed by atoms with E-state index in [1.165, 1.54) is 0 Å². The standard InChI is InChI=1S/C16H28ClFN4O4S/c1-22-6-14(19-9-22)11-4-12(15(18)13(17)5-11)16(23)20-21-27(24,25)8-10-2-3-26-7-10/h10-15,19,21H,2-9H2,1H3,(H,20,23)/t10-,11?,12?,13?,14?,15?/m0/s1. The second-order valence-corrected chi connectivity index (χ2v) is 10.2. The number of ether oxygens (including phenoxy) is 1. The highest BCUT2D eigenvalue weighted by atomic mass is 35.5. The van der Waals surface area contributed by atoms with Crippen LogP contribution in [0.1, 0.15) is 19.3 Å². The Morgan fingerprint density at radius 1 is 1.41 bits per heavy atom. The summed E-state index contributed by atoms with van der Waals surface area (Å²) in [5.74, 6) is -1.81. The zero-order chi connectivity index (χ0) is 19.6. The number of sulfonamides is 1. The monoisotopic (exact) mass is 426 g/mol. The molecule has 8 nitrogen and oxygen atoms in total. The third-order valence-electron chi connectivity index (χ3n) is 5.66. The average molecular weight is 427 g/mol. The van der Waals surface area contributed by atoms with Crippen molar-refractivity contribution in [2.75, 3.05) is 39.2 Å². The molecular weight excluding hydrogens is 399 g/mol. The fraction of sp³-hybridized carbons (Fsp3) is 0.938. The summed E-state index contributed by atoms with van der Waals surface area (Å²) in [5, 5.41) is 2.59. The SMILES string of the molecule is CN1CNC(C2CC(Cl)C(F)C(C(=O)NNS(=O)(=O)C[C@H]3CCOC3)C2)C1. The van der Waals surface area contributed by atoms with Gasteiger partial charge in [-0.2, -0.15) is 0 Å². The van der Waals surface area contributed by atoms with Gasteiger partial charge in [0.15, 0.2) is 0 Å². The van der Waals surface area contributed by atoms with Crippen molar-refractivity contribution in [3.8, 4) is 0 Å². The van der Waals surface area contributed by atoms with Crippen LogP contribution >= 0.6 is 11.6 Å². The van der Waals surface area contributed by atoms with E-state index in [1.807, 2.05) is 7.05 Å². The van der Waals surface area contributed by atoms with Gasteiger partial charge in [0.05, 0.1) is 23.7 Å². The lowest BCUT2D eigenvalue weighted by atomic mass is 9.76. The minimum Gasteiger partial charge on any atom is -0.381 e. The number of hydrogen-bond acceptors (Lipinski definition) is 6. The summed E-state index contributed by atoms with van der Waals surface area (Å²) in [6, 6.07) is 0.151. The van der Waals surface area contributed by atoms with E-state index in [4.69, 9.17) is 16.3 Å². The van der Waals surface area contributed by atoms with Gasteiger partial charge in [0.1, 0.15) is 6.17 Å². The van der Waals surface area contributed by atoms with Crippen LogP contribution in [0.4, 0.5) is 4.39 Å². The van der Waals surface area contributed by atoms with E-state index in [-0.39, 0.29) is 23.6 Å². The number of amides is 1. The first-order valence-corrected chi connectivity index (χ1v) is 11.4. The highest BCUT2D eigenvalue weighted by Crippen LogP contribution is 2.37. The van der Waals surface area contributed by atoms with E-state index in [0.29, 0.717) is 32.5 Å². The summed E-state index contributed by atoms with van der Waals surface area (Å²) in [6.07, 6.45) is -0.0110. The molecule has 0 aromatic carbocycles. The lowest BCUT2D eigenvalue weighted by molar-refractivity contribution is -0.129. The van der Waals surface area contributed by atoms with Crippen LogP contribution in [0.5, 0.6) is 0 Å². The first-order chi connectivity index (χ1) is 12.7. The Morgan fingerprint density at radius 3 is 2.81 bits per heavy atom. The number of likely N-dealkylation sites (N-methyl/N-ethyl adjacent to an activating group) is 1. The Balaban J connectivity index is 1.55. The van der Waals surface area contributed by atoms with Crippen LogP contribution in [0.2, 0.25) is 0 Å². The quantitative estimate of drug-likeness (QED) is 0.402. The second kappa shape index (κ2) is 8.87. The van der Waals surface area contributed by atoms with E-state index in [9.17, 15) is 17.6 Å². The molecule has 156 valence electrons. The largest absolute Gasteiger partial charge is 0.381 e. The summed E-state index contributed by atoms with van der Waals surface area (Å²) in [5.41, 5.74) is 2.19. The molecule has 2 heterocycles. The van der Waals surface area contributed by atoms with Gasteiger partial charge in [-0.15, -0.1) is 16.4 Å². The summed E-state index contributed by atoms with van der Waals surface area (Å²) < 4.78 is 43.9. The number of nitrogens with zero attached hydrogens (tertiary/aromatic N) is 1. The van der Waals surface area contributed by atoms with Gasteiger partial charge in [-0.1, -0.05) is 0 Å². The van der Waals surface area contributed by atoms with Crippen LogP contribution in [0, 0.1) is 17.8 Å². The third-order valence-corrected chi connectivity index (χ3v) is 7.40. The molecule has 1 saturated carbocycles. The van der Waals surface area contributed by atoms with Crippen molar-refractivity contribution < 1.29 is 22.3 Å². The predicted octanol–water partition coefficient (Wildman–Crippen LogP) is -0.194. The van der Waals surface area contributed by atoms with Gasteiger partial charge in [-0.3, -0.25) is 20.4 Å². The fourth-order valence-electron chi connectivity index (χ4n) is 4.15. The molecule has 0 bridgehead atoms. The number of nitrogens with one attached hydrogen (secondary N) is 3. The molecule has 6 atom stereocenters. The Bertz CT molecular complexity index is 634. The van der Waals surface area contributed by atoms with Gasteiger partial charge in [0.25, 0.3) is 0 Å². The van der Waals surface area contributed by atoms with E-state index in [1.54, 1.807) is 0 Å². The van der Waals surface area contributed by atoms with Gasteiger partial charge in [-0.25, -0.2) is 12.8 Å². The molecule has 2 aliphatic heterocycles.